The molecule has 4 aromatic heterocycles. The maximum atomic E-state index is 13.1. The molecule has 0 fully saturated rings. The number of hydrogen-bond acceptors (Lipinski definition) is 9. The Hall–Kier alpha value is -4.60. The Morgan fingerprint density at radius 1 is 0.865 bits per heavy atom. The summed E-state index contributed by atoms with van der Waals surface area (Å²) in [6, 6.07) is 0. The molecule has 1 atom stereocenters. The van der Waals surface area contributed by atoms with E-state index < -0.39 is 28.6 Å². The van der Waals surface area contributed by atoms with Crippen LogP contribution in [0.15, 0.2) is 30.6 Å². The smallest absolute Gasteiger partial charge is 0.332 e. The first-order valence-corrected chi connectivity index (χ1v) is 11.2. The number of nitrogens with zero attached hydrogens (tertiary/aromatic N) is 10. The van der Waals surface area contributed by atoms with Gasteiger partial charge in [0.05, 0.1) is 31.9 Å². The molecule has 37 heavy (non-hydrogen) atoms. The maximum absolute atomic E-state index is 13.1. The number of fused-ring (bicyclic) bond motifs is 2. The Labute approximate surface area is 206 Å². The minimum atomic E-state index is -1.21. The number of aryl methyl sites for hydroxylation is 2. The summed E-state index contributed by atoms with van der Waals surface area (Å²) in [5, 5.41) is 16.3. The fourth-order valence-electron chi connectivity index (χ4n) is 4.51. The van der Waals surface area contributed by atoms with Gasteiger partial charge in [-0.25, -0.2) is 14.6 Å². The Bertz CT molecular complexity index is 1900. The van der Waals surface area contributed by atoms with Gasteiger partial charge in [0, 0.05) is 33.9 Å². The summed E-state index contributed by atoms with van der Waals surface area (Å²) in [6.45, 7) is 1.31. The van der Waals surface area contributed by atoms with E-state index in [0.29, 0.717) is 5.71 Å². The molecular weight excluding hydrogens is 488 g/mol. The van der Waals surface area contributed by atoms with Crippen LogP contribution in [0.4, 0.5) is 5.95 Å². The first-order chi connectivity index (χ1) is 17.4. The van der Waals surface area contributed by atoms with Crippen LogP contribution in [0.5, 0.6) is 0 Å². The molecular formula is C21H24N10O6. The molecule has 0 aliphatic carbocycles. The van der Waals surface area contributed by atoms with E-state index in [1.54, 1.807) is 6.92 Å². The number of rotatable bonds is 5. The molecule has 4 aromatic rings. The number of hydrogen-bond donors (Lipinski definition) is 1. The summed E-state index contributed by atoms with van der Waals surface area (Å²) in [5.74, 6) is -0.404. The average molecular weight is 512 g/mol. The SMILES string of the molecule is CC1=NN(c2nc3c(c(=O)n(C)c(=O)n3C)n2CC(O)Cn2cnc3c2c(=O)n(C)c(=O)n3C)C(=O)C1. The third-order valence-corrected chi connectivity index (χ3v) is 6.45. The minimum Gasteiger partial charge on any atom is -0.389 e. The lowest BCUT2D eigenvalue weighted by molar-refractivity contribution is -0.117. The molecule has 0 saturated heterocycles. The molecule has 1 amide bonds. The zero-order valence-corrected chi connectivity index (χ0v) is 20.7. The quantitative estimate of drug-likeness (QED) is 0.302. The van der Waals surface area contributed by atoms with Gasteiger partial charge in [0.2, 0.25) is 5.95 Å². The van der Waals surface area contributed by atoms with E-state index in [-0.39, 0.29) is 53.7 Å². The van der Waals surface area contributed by atoms with E-state index in [9.17, 15) is 29.1 Å². The molecule has 1 aliphatic rings. The summed E-state index contributed by atoms with van der Waals surface area (Å²) >= 11 is 0. The van der Waals surface area contributed by atoms with Gasteiger partial charge >= 0.3 is 11.4 Å². The monoisotopic (exact) mass is 512 g/mol. The summed E-state index contributed by atoms with van der Waals surface area (Å²) < 4.78 is 7.01. The van der Waals surface area contributed by atoms with Crippen LogP contribution in [0.1, 0.15) is 13.3 Å². The lowest BCUT2D eigenvalue weighted by atomic mass is 10.3. The number of carbonyl (C=O) groups excluding carboxylic acids is 1. The molecule has 5 heterocycles. The van der Waals surface area contributed by atoms with Gasteiger partial charge in [-0.05, 0) is 6.92 Å². The third kappa shape index (κ3) is 3.47. The second kappa shape index (κ2) is 8.22. The predicted octanol–water partition coefficient (Wildman–Crippen LogP) is -2.65. The van der Waals surface area contributed by atoms with Crippen LogP contribution < -0.4 is 27.5 Å². The van der Waals surface area contributed by atoms with Crippen molar-refractivity contribution in [2.45, 2.75) is 32.5 Å². The number of carbonyl (C=O) groups is 1. The van der Waals surface area contributed by atoms with Crippen LogP contribution in [0.3, 0.4) is 0 Å². The largest absolute Gasteiger partial charge is 0.389 e. The average Bonchev–Trinajstić information content (AvgIpc) is 3.53. The van der Waals surface area contributed by atoms with E-state index in [1.807, 2.05) is 0 Å². The van der Waals surface area contributed by atoms with Gasteiger partial charge in [-0.2, -0.15) is 15.1 Å². The first-order valence-electron chi connectivity index (χ1n) is 11.2. The van der Waals surface area contributed by atoms with Gasteiger partial charge in [0.25, 0.3) is 17.0 Å². The molecule has 0 bridgehead atoms. The fraction of sp³-hybridized carbons (Fsp3) is 0.429. The molecule has 1 N–H and O–H groups in total. The zero-order chi connectivity index (χ0) is 26.9. The van der Waals surface area contributed by atoms with Crippen LogP contribution in [-0.2, 0) is 46.1 Å². The molecule has 16 heteroatoms. The topological polar surface area (TPSA) is 177 Å². The molecule has 1 unspecified atom stereocenters. The van der Waals surface area contributed by atoms with Crippen molar-refractivity contribution in [3.63, 3.8) is 0 Å². The normalized spacial score (nSPS) is 14.8. The Balaban J connectivity index is 1.64. The third-order valence-electron chi connectivity index (χ3n) is 6.45. The molecule has 0 spiro atoms. The second-order valence-corrected chi connectivity index (χ2v) is 9.05. The lowest BCUT2D eigenvalue weighted by Crippen LogP contribution is -2.38. The van der Waals surface area contributed by atoms with Crippen molar-refractivity contribution in [3.05, 3.63) is 48.0 Å². The van der Waals surface area contributed by atoms with Crippen molar-refractivity contribution < 1.29 is 9.90 Å². The van der Waals surface area contributed by atoms with Crippen molar-refractivity contribution in [1.29, 1.82) is 0 Å². The van der Waals surface area contributed by atoms with Crippen molar-refractivity contribution in [1.82, 2.24) is 37.4 Å². The van der Waals surface area contributed by atoms with E-state index in [4.69, 9.17) is 0 Å². The Kier molecular flexibility index (Phi) is 5.36. The van der Waals surface area contributed by atoms with Gasteiger partial charge in [0.15, 0.2) is 22.3 Å². The molecule has 0 aromatic carbocycles. The van der Waals surface area contributed by atoms with Crippen molar-refractivity contribution in [2.24, 2.45) is 33.3 Å². The Morgan fingerprint density at radius 2 is 1.46 bits per heavy atom. The highest BCUT2D eigenvalue weighted by Gasteiger charge is 2.31. The number of anilines is 1. The standard InChI is InChI=1S/C21H24N10O6/c1-10-6-12(33)31(24-10)19-23-16-14(18(35)28(5)21(37)26(16)3)30(19)8-11(32)7-29-9-22-15-13(29)17(34)27(4)20(36)25(15)2/h9,11,32H,6-8H2,1-5H3. The van der Waals surface area contributed by atoms with Gasteiger partial charge < -0.3 is 9.67 Å². The maximum Gasteiger partial charge on any atom is 0.332 e. The highest BCUT2D eigenvalue weighted by molar-refractivity contribution is 6.11. The first kappa shape index (κ1) is 24.1. The van der Waals surface area contributed by atoms with E-state index in [1.165, 1.54) is 52.8 Å². The highest BCUT2D eigenvalue weighted by Crippen LogP contribution is 2.24. The van der Waals surface area contributed by atoms with Crippen molar-refractivity contribution >= 4 is 39.9 Å². The summed E-state index contributed by atoms with van der Waals surface area (Å²) in [7, 11) is 5.59. The van der Waals surface area contributed by atoms with Crippen LogP contribution in [-0.4, -0.2) is 60.2 Å². The Morgan fingerprint density at radius 3 is 2.05 bits per heavy atom. The number of aliphatic hydroxyl groups excluding tert-OH is 1. The fourth-order valence-corrected chi connectivity index (χ4v) is 4.51. The molecule has 0 saturated carbocycles. The van der Waals surface area contributed by atoms with Gasteiger partial charge in [-0.3, -0.25) is 37.2 Å². The molecule has 16 nitrogen and oxygen atoms in total. The molecule has 0 radical (unpaired) electrons. The number of aliphatic hydroxyl groups is 1. The molecule has 194 valence electrons. The van der Waals surface area contributed by atoms with Crippen LogP contribution in [0, 0.1) is 0 Å². The minimum absolute atomic E-state index is 0.00000261. The van der Waals surface area contributed by atoms with E-state index >= 15 is 0 Å². The number of aromatic nitrogens is 8. The summed E-state index contributed by atoms with van der Waals surface area (Å²) in [6.07, 6.45) is 0.188. The molecule has 1 aliphatic heterocycles. The summed E-state index contributed by atoms with van der Waals surface area (Å²) in [5.41, 5.74) is -1.53. The second-order valence-electron chi connectivity index (χ2n) is 9.05. The van der Waals surface area contributed by atoms with Gasteiger partial charge in [0.1, 0.15) is 0 Å². The van der Waals surface area contributed by atoms with Crippen LogP contribution in [0.2, 0.25) is 0 Å². The lowest BCUT2D eigenvalue weighted by Gasteiger charge is -2.18. The van der Waals surface area contributed by atoms with Gasteiger partial charge in [-0.15, -0.1) is 0 Å². The number of hydrazone groups is 1. The highest BCUT2D eigenvalue weighted by atomic mass is 16.3. The van der Waals surface area contributed by atoms with Crippen LogP contribution in [0.25, 0.3) is 22.3 Å². The predicted molar refractivity (Wildman–Crippen MR) is 132 cm³/mol. The number of imidazole rings is 2. The molecule has 5 rings (SSSR count). The van der Waals surface area contributed by atoms with E-state index in [0.717, 1.165) is 14.1 Å². The zero-order valence-electron chi connectivity index (χ0n) is 20.7. The van der Waals surface area contributed by atoms with Crippen molar-refractivity contribution in [3.8, 4) is 0 Å². The number of amides is 1. The summed E-state index contributed by atoms with van der Waals surface area (Å²) in [4.78, 5) is 71.7. The van der Waals surface area contributed by atoms with Crippen LogP contribution >= 0.6 is 0 Å². The van der Waals surface area contributed by atoms with Gasteiger partial charge in [-0.1, -0.05) is 0 Å². The van der Waals surface area contributed by atoms with E-state index in [2.05, 4.69) is 15.1 Å². The van der Waals surface area contributed by atoms with Crippen molar-refractivity contribution in [2.75, 3.05) is 5.01 Å².